The molecule has 0 atom stereocenters. The van der Waals surface area contributed by atoms with Crippen LogP contribution >= 0.6 is 12.2 Å². The van der Waals surface area contributed by atoms with Crippen molar-refractivity contribution in [3.05, 3.63) is 33.6 Å². The van der Waals surface area contributed by atoms with Gasteiger partial charge in [0.25, 0.3) is 0 Å². The molecule has 0 aromatic carbocycles. The van der Waals surface area contributed by atoms with Gasteiger partial charge in [0.1, 0.15) is 0 Å². The van der Waals surface area contributed by atoms with Gasteiger partial charge in [0.2, 0.25) is 4.77 Å². The lowest BCUT2D eigenvalue weighted by Gasteiger charge is -2.11. The zero-order valence-electron chi connectivity index (χ0n) is 13.3. The van der Waals surface area contributed by atoms with E-state index in [0.29, 0.717) is 10.7 Å². The molecule has 114 valence electrons. The van der Waals surface area contributed by atoms with Crippen molar-refractivity contribution < 1.29 is 0 Å². The first-order chi connectivity index (χ1) is 9.93. The molecule has 5 nitrogen and oxygen atoms in total. The summed E-state index contributed by atoms with van der Waals surface area (Å²) in [5.74, 6) is 1.46. The third-order valence-corrected chi connectivity index (χ3v) is 3.77. The summed E-state index contributed by atoms with van der Waals surface area (Å²) in [5.41, 5.74) is 3.62. The molecule has 2 aromatic rings. The molecule has 2 heterocycles. The number of H-pyrrole nitrogens is 1. The lowest BCUT2D eigenvalue weighted by molar-refractivity contribution is 0.509. The highest BCUT2D eigenvalue weighted by molar-refractivity contribution is 7.71. The summed E-state index contributed by atoms with van der Waals surface area (Å²) >= 11 is 5.20. The fourth-order valence-electron chi connectivity index (χ4n) is 2.40. The minimum Gasteiger partial charge on any atom is -0.348 e. The zero-order chi connectivity index (χ0) is 15.6. The van der Waals surface area contributed by atoms with Crippen LogP contribution in [-0.2, 0) is 13.0 Å². The van der Waals surface area contributed by atoms with E-state index < -0.39 is 0 Å². The van der Waals surface area contributed by atoms with Gasteiger partial charge in [-0.15, -0.1) is 0 Å². The second kappa shape index (κ2) is 6.39. The molecule has 21 heavy (non-hydrogen) atoms. The van der Waals surface area contributed by atoms with Crippen LogP contribution in [-0.4, -0.2) is 25.7 Å². The Bertz CT molecular complexity index is 702. The Morgan fingerprint density at radius 2 is 2.14 bits per heavy atom. The molecule has 0 aliphatic carbocycles. The van der Waals surface area contributed by atoms with E-state index in [-0.39, 0.29) is 0 Å². The van der Waals surface area contributed by atoms with Crippen molar-refractivity contribution in [2.45, 2.75) is 47.6 Å². The van der Waals surface area contributed by atoms with Crippen molar-refractivity contribution in [2.75, 3.05) is 0 Å². The van der Waals surface area contributed by atoms with Crippen LogP contribution in [0.15, 0.2) is 11.2 Å². The molecule has 0 bridgehead atoms. The highest BCUT2D eigenvalue weighted by Crippen LogP contribution is 2.15. The Kier molecular flexibility index (Phi) is 4.77. The molecule has 1 N–H and O–H groups in total. The summed E-state index contributed by atoms with van der Waals surface area (Å²) in [5, 5.41) is 11.4. The van der Waals surface area contributed by atoms with E-state index in [1.54, 1.807) is 4.68 Å². The Hall–Kier alpha value is -1.69. The van der Waals surface area contributed by atoms with Gasteiger partial charge < -0.3 is 4.57 Å². The predicted molar refractivity (Wildman–Crippen MR) is 88.5 cm³/mol. The number of aromatic amines is 1. The van der Waals surface area contributed by atoms with E-state index in [9.17, 15) is 0 Å². The number of rotatable bonds is 5. The lowest BCUT2D eigenvalue weighted by atomic mass is 10.2. The number of aromatic nitrogens is 4. The Labute approximate surface area is 130 Å². The van der Waals surface area contributed by atoms with Crippen LogP contribution in [0.1, 0.15) is 43.5 Å². The largest absolute Gasteiger partial charge is 0.348 e. The minimum atomic E-state index is 0.527. The van der Waals surface area contributed by atoms with Gasteiger partial charge in [-0.2, -0.15) is 14.9 Å². The smallest absolute Gasteiger partial charge is 0.216 e. The summed E-state index contributed by atoms with van der Waals surface area (Å²) in [7, 11) is 0. The van der Waals surface area contributed by atoms with E-state index in [4.69, 9.17) is 12.2 Å². The minimum absolute atomic E-state index is 0.527. The molecule has 2 aromatic heterocycles. The van der Waals surface area contributed by atoms with E-state index in [1.165, 1.54) is 11.4 Å². The van der Waals surface area contributed by atoms with Crippen molar-refractivity contribution in [1.82, 2.24) is 19.4 Å². The SMILES string of the molecule is CCc1n[nH]c(=S)n1/N=C\c1cc(C)n(CC(C)C)c1C. The second-order valence-electron chi connectivity index (χ2n) is 5.69. The van der Waals surface area contributed by atoms with Crippen molar-refractivity contribution in [1.29, 1.82) is 0 Å². The maximum Gasteiger partial charge on any atom is 0.216 e. The number of hydrogen-bond acceptors (Lipinski definition) is 3. The van der Waals surface area contributed by atoms with Crippen LogP contribution in [0.3, 0.4) is 0 Å². The van der Waals surface area contributed by atoms with Gasteiger partial charge in [-0.25, -0.2) is 0 Å². The molecule has 0 aliphatic heterocycles. The van der Waals surface area contributed by atoms with Crippen LogP contribution in [0.5, 0.6) is 0 Å². The number of hydrogen-bond donors (Lipinski definition) is 1. The Morgan fingerprint density at radius 1 is 1.43 bits per heavy atom. The number of nitrogens with zero attached hydrogens (tertiary/aromatic N) is 4. The van der Waals surface area contributed by atoms with Crippen LogP contribution in [0.2, 0.25) is 0 Å². The van der Waals surface area contributed by atoms with Crippen molar-refractivity contribution in [3.63, 3.8) is 0 Å². The molecule has 0 amide bonds. The van der Waals surface area contributed by atoms with E-state index >= 15 is 0 Å². The lowest BCUT2D eigenvalue weighted by Crippen LogP contribution is -2.08. The van der Waals surface area contributed by atoms with Gasteiger partial charge in [-0.1, -0.05) is 20.8 Å². The summed E-state index contributed by atoms with van der Waals surface area (Å²) < 4.78 is 4.55. The maximum absolute atomic E-state index is 5.20. The molecule has 6 heteroatoms. The monoisotopic (exact) mass is 305 g/mol. The van der Waals surface area contributed by atoms with Crippen molar-refractivity contribution >= 4 is 18.4 Å². The summed E-state index contributed by atoms with van der Waals surface area (Å²) in [6.07, 6.45) is 2.65. The van der Waals surface area contributed by atoms with E-state index in [0.717, 1.165) is 24.4 Å². The molecular weight excluding hydrogens is 282 g/mol. The zero-order valence-corrected chi connectivity index (χ0v) is 14.2. The quantitative estimate of drug-likeness (QED) is 0.679. The molecule has 0 radical (unpaired) electrons. The molecular formula is C15H23N5S. The summed E-state index contributed by atoms with van der Waals surface area (Å²) in [6, 6.07) is 2.16. The van der Waals surface area contributed by atoms with Crippen LogP contribution < -0.4 is 0 Å². The van der Waals surface area contributed by atoms with Crippen LogP contribution in [0, 0.1) is 24.5 Å². The molecule has 0 saturated heterocycles. The van der Waals surface area contributed by atoms with Gasteiger partial charge in [0.15, 0.2) is 5.82 Å². The first kappa shape index (κ1) is 15.7. The highest BCUT2D eigenvalue weighted by Gasteiger charge is 2.09. The molecule has 0 aliphatic rings. The average molecular weight is 305 g/mol. The Balaban J connectivity index is 2.34. The molecule has 0 unspecified atom stereocenters. The molecule has 0 spiro atoms. The fourth-order valence-corrected chi connectivity index (χ4v) is 2.59. The topological polar surface area (TPSA) is 50.9 Å². The van der Waals surface area contributed by atoms with Crippen LogP contribution in [0.25, 0.3) is 0 Å². The highest BCUT2D eigenvalue weighted by atomic mass is 32.1. The van der Waals surface area contributed by atoms with Gasteiger partial charge in [-0.05, 0) is 38.0 Å². The maximum atomic E-state index is 5.20. The predicted octanol–water partition coefficient (Wildman–Crippen LogP) is 3.46. The first-order valence-corrected chi connectivity index (χ1v) is 7.72. The van der Waals surface area contributed by atoms with Gasteiger partial charge in [0, 0.05) is 29.9 Å². The average Bonchev–Trinajstić information content (AvgIpc) is 2.91. The number of aryl methyl sites for hydroxylation is 2. The molecule has 0 saturated carbocycles. The third kappa shape index (κ3) is 3.32. The van der Waals surface area contributed by atoms with Crippen LogP contribution in [0.4, 0.5) is 0 Å². The standard InChI is InChI=1S/C15H23N5S/c1-6-14-17-18-15(21)20(14)16-8-13-7-11(4)19(12(13)5)9-10(2)3/h7-8,10H,6,9H2,1-5H3,(H,18,21)/b16-8-. The van der Waals surface area contributed by atoms with E-state index in [2.05, 4.69) is 53.6 Å². The molecule has 0 fully saturated rings. The van der Waals surface area contributed by atoms with Gasteiger partial charge in [0.05, 0.1) is 6.21 Å². The van der Waals surface area contributed by atoms with Gasteiger partial charge >= 0.3 is 0 Å². The summed E-state index contributed by atoms with van der Waals surface area (Å²) in [6.45, 7) is 11.8. The fraction of sp³-hybridized carbons (Fsp3) is 0.533. The normalized spacial score (nSPS) is 11.9. The third-order valence-electron chi connectivity index (χ3n) is 3.51. The number of nitrogens with one attached hydrogen (secondary N) is 1. The van der Waals surface area contributed by atoms with Crippen molar-refractivity contribution in [3.8, 4) is 0 Å². The second-order valence-corrected chi connectivity index (χ2v) is 6.07. The van der Waals surface area contributed by atoms with E-state index in [1.807, 2.05) is 13.1 Å². The first-order valence-electron chi connectivity index (χ1n) is 7.31. The summed E-state index contributed by atoms with van der Waals surface area (Å²) in [4.78, 5) is 0. The Morgan fingerprint density at radius 3 is 2.76 bits per heavy atom. The molecule has 2 rings (SSSR count). The van der Waals surface area contributed by atoms with Gasteiger partial charge in [-0.3, -0.25) is 5.10 Å². The van der Waals surface area contributed by atoms with Crippen molar-refractivity contribution in [2.24, 2.45) is 11.0 Å².